The number of aryl methyl sites for hydroxylation is 1. The molecule has 218 valence electrons. The molecule has 0 fully saturated rings. The van der Waals surface area contributed by atoms with Crippen LogP contribution in [0.4, 0.5) is 5.69 Å². The van der Waals surface area contributed by atoms with E-state index in [1.165, 1.54) is 4.90 Å². The number of carbonyl (C=O) groups excluding carboxylic acids is 2. The Morgan fingerprint density at radius 1 is 0.927 bits per heavy atom. The predicted octanol–water partition coefficient (Wildman–Crippen LogP) is 3.70. The maximum Gasteiger partial charge on any atom is 0.244 e. The van der Waals surface area contributed by atoms with Crippen LogP contribution in [-0.2, 0) is 32.6 Å². The van der Waals surface area contributed by atoms with E-state index in [-0.39, 0.29) is 24.6 Å². The monoisotopic (exact) mass is 579 g/mol. The molecular formula is C31H37N3O6S. The van der Waals surface area contributed by atoms with E-state index >= 15 is 0 Å². The summed E-state index contributed by atoms with van der Waals surface area (Å²) in [4.78, 5) is 29.2. The topological polar surface area (TPSA) is 105 Å². The highest BCUT2D eigenvalue weighted by Crippen LogP contribution is 2.34. The number of nitrogens with one attached hydrogen (secondary N) is 1. The van der Waals surface area contributed by atoms with E-state index in [1.807, 2.05) is 68.4 Å². The van der Waals surface area contributed by atoms with Gasteiger partial charge in [0.2, 0.25) is 21.8 Å². The highest BCUT2D eigenvalue weighted by atomic mass is 32.2. The van der Waals surface area contributed by atoms with Crippen molar-refractivity contribution in [2.24, 2.45) is 0 Å². The minimum atomic E-state index is -3.88. The Bertz CT molecular complexity index is 1440. The highest BCUT2D eigenvalue weighted by Gasteiger charge is 2.33. The first kappa shape index (κ1) is 29.9. The SMILES string of the molecule is CCCNC(=O)C(Cc1ccccc1)N(Cc1ccc(C)cc1)C(=O)CN(c1ccc2c(c1)OCCO2)S(C)(=O)=O. The second-order valence-electron chi connectivity index (χ2n) is 10.1. The van der Waals surface area contributed by atoms with Gasteiger partial charge in [-0.3, -0.25) is 13.9 Å². The lowest BCUT2D eigenvalue weighted by Gasteiger charge is -2.33. The summed E-state index contributed by atoms with van der Waals surface area (Å²) < 4.78 is 38.2. The molecule has 0 aromatic heterocycles. The summed E-state index contributed by atoms with van der Waals surface area (Å²) in [6.45, 7) is 4.78. The van der Waals surface area contributed by atoms with Gasteiger partial charge in [0.25, 0.3) is 0 Å². The summed E-state index contributed by atoms with van der Waals surface area (Å²) in [6.07, 6.45) is 2.06. The van der Waals surface area contributed by atoms with Crippen LogP contribution in [-0.4, -0.2) is 63.7 Å². The van der Waals surface area contributed by atoms with E-state index in [4.69, 9.17) is 9.47 Å². The normalized spacial score (nSPS) is 13.2. The summed E-state index contributed by atoms with van der Waals surface area (Å²) >= 11 is 0. The number of sulfonamides is 1. The molecule has 0 aliphatic carbocycles. The fourth-order valence-electron chi connectivity index (χ4n) is 4.61. The number of amides is 2. The molecular weight excluding hydrogens is 542 g/mol. The third-order valence-electron chi connectivity index (χ3n) is 6.79. The number of benzene rings is 3. The summed E-state index contributed by atoms with van der Waals surface area (Å²) in [5.41, 5.74) is 3.05. The largest absolute Gasteiger partial charge is 0.486 e. The van der Waals surface area contributed by atoms with Crippen LogP contribution in [0.25, 0.3) is 0 Å². The van der Waals surface area contributed by atoms with Gasteiger partial charge < -0.3 is 19.7 Å². The van der Waals surface area contributed by atoms with E-state index in [2.05, 4.69) is 5.32 Å². The third kappa shape index (κ3) is 8.00. The molecule has 0 radical (unpaired) electrons. The zero-order valence-electron chi connectivity index (χ0n) is 23.7. The molecule has 10 heteroatoms. The molecule has 9 nitrogen and oxygen atoms in total. The Morgan fingerprint density at radius 2 is 1.61 bits per heavy atom. The van der Waals surface area contributed by atoms with Crippen molar-refractivity contribution in [2.45, 2.75) is 39.3 Å². The lowest BCUT2D eigenvalue weighted by molar-refractivity contribution is -0.140. The molecule has 1 unspecified atom stereocenters. The van der Waals surface area contributed by atoms with Crippen LogP contribution in [0.15, 0.2) is 72.8 Å². The van der Waals surface area contributed by atoms with Crippen molar-refractivity contribution >= 4 is 27.5 Å². The lowest BCUT2D eigenvalue weighted by atomic mass is 10.0. The van der Waals surface area contributed by atoms with Gasteiger partial charge in [0.15, 0.2) is 11.5 Å². The van der Waals surface area contributed by atoms with Crippen molar-refractivity contribution in [2.75, 3.05) is 36.9 Å². The number of fused-ring (bicyclic) bond motifs is 1. The molecule has 4 rings (SSSR count). The van der Waals surface area contributed by atoms with Gasteiger partial charge in [0.05, 0.1) is 11.9 Å². The molecule has 0 saturated carbocycles. The Morgan fingerprint density at radius 3 is 2.27 bits per heavy atom. The molecule has 1 N–H and O–H groups in total. The summed E-state index contributed by atoms with van der Waals surface area (Å²) in [5, 5.41) is 2.94. The van der Waals surface area contributed by atoms with Crippen LogP contribution >= 0.6 is 0 Å². The maximum absolute atomic E-state index is 14.1. The quantitative estimate of drug-likeness (QED) is 0.351. The number of carbonyl (C=O) groups is 2. The van der Waals surface area contributed by atoms with Gasteiger partial charge in [-0.1, -0.05) is 67.1 Å². The number of hydrogen-bond donors (Lipinski definition) is 1. The van der Waals surface area contributed by atoms with Crippen LogP contribution in [0.2, 0.25) is 0 Å². The Hall–Kier alpha value is -4.05. The second-order valence-corrected chi connectivity index (χ2v) is 12.0. The summed E-state index contributed by atoms with van der Waals surface area (Å²) in [6, 6.07) is 21.1. The van der Waals surface area contributed by atoms with Crippen LogP contribution < -0.4 is 19.1 Å². The summed E-state index contributed by atoms with van der Waals surface area (Å²) in [5.74, 6) is 0.128. The predicted molar refractivity (Wildman–Crippen MR) is 159 cm³/mol. The number of hydrogen-bond acceptors (Lipinski definition) is 6. The van der Waals surface area contributed by atoms with Crippen molar-refractivity contribution in [3.63, 3.8) is 0 Å². The molecule has 1 aliphatic heterocycles. The Kier molecular flexibility index (Phi) is 9.88. The molecule has 1 aliphatic rings. The average Bonchev–Trinajstić information content (AvgIpc) is 2.97. The molecule has 1 atom stereocenters. The van der Waals surface area contributed by atoms with Crippen LogP contribution in [0.3, 0.4) is 0 Å². The van der Waals surface area contributed by atoms with Gasteiger partial charge in [-0.05, 0) is 36.6 Å². The average molecular weight is 580 g/mol. The smallest absolute Gasteiger partial charge is 0.244 e. The molecule has 0 spiro atoms. The van der Waals surface area contributed by atoms with Gasteiger partial charge in [-0.25, -0.2) is 8.42 Å². The zero-order chi connectivity index (χ0) is 29.4. The zero-order valence-corrected chi connectivity index (χ0v) is 24.5. The number of nitrogens with zero attached hydrogens (tertiary/aromatic N) is 2. The van der Waals surface area contributed by atoms with E-state index < -0.39 is 28.5 Å². The summed E-state index contributed by atoms with van der Waals surface area (Å²) in [7, 11) is -3.88. The molecule has 1 heterocycles. The Balaban J connectivity index is 1.71. The third-order valence-corrected chi connectivity index (χ3v) is 7.93. The van der Waals surface area contributed by atoms with E-state index in [1.54, 1.807) is 18.2 Å². The van der Waals surface area contributed by atoms with Crippen molar-refractivity contribution in [3.8, 4) is 11.5 Å². The molecule has 3 aromatic rings. The first-order valence-corrected chi connectivity index (χ1v) is 15.5. The van der Waals surface area contributed by atoms with Gasteiger partial charge in [0, 0.05) is 25.6 Å². The number of ether oxygens (including phenoxy) is 2. The standard InChI is InChI=1S/C31H37N3O6S/c1-4-16-32-31(36)27(19-24-8-6-5-7-9-24)33(21-25-12-10-23(2)11-13-25)30(35)22-34(41(3,37)38)26-14-15-28-29(20-26)40-18-17-39-28/h5-15,20,27H,4,16-19,21-22H2,1-3H3,(H,32,36). The van der Waals surface area contributed by atoms with Crippen LogP contribution in [0, 0.1) is 6.92 Å². The first-order valence-electron chi connectivity index (χ1n) is 13.7. The molecule has 3 aromatic carbocycles. The fourth-order valence-corrected chi connectivity index (χ4v) is 5.45. The van der Waals surface area contributed by atoms with E-state index in [9.17, 15) is 18.0 Å². The van der Waals surface area contributed by atoms with Gasteiger partial charge >= 0.3 is 0 Å². The van der Waals surface area contributed by atoms with Gasteiger partial charge in [0.1, 0.15) is 25.8 Å². The van der Waals surface area contributed by atoms with Crippen molar-refractivity contribution < 1.29 is 27.5 Å². The number of rotatable bonds is 12. The Labute approximate surface area is 242 Å². The molecule has 0 bridgehead atoms. The van der Waals surface area contributed by atoms with Crippen molar-refractivity contribution in [1.29, 1.82) is 0 Å². The maximum atomic E-state index is 14.1. The van der Waals surface area contributed by atoms with E-state index in [0.29, 0.717) is 31.3 Å². The van der Waals surface area contributed by atoms with E-state index in [0.717, 1.165) is 33.7 Å². The minimum Gasteiger partial charge on any atom is -0.486 e. The highest BCUT2D eigenvalue weighted by molar-refractivity contribution is 7.92. The van der Waals surface area contributed by atoms with Crippen LogP contribution in [0.5, 0.6) is 11.5 Å². The van der Waals surface area contributed by atoms with Crippen LogP contribution in [0.1, 0.15) is 30.0 Å². The second kappa shape index (κ2) is 13.5. The van der Waals surface area contributed by atoms with Crippen molar-refractivity contribution in [3.05, 3.63) is 89.5 Å². The molecule has 0 saturated heterocycles. The molecule has 41 heavy (non-hydrogen) atoms. The van der Waals surface area contributed by atoms with Gasteiger partial charge in [-0.2, -0.15) is 0 Å². The number of anilines is 1. The first-order chi connectivity index (χ1) is 19.7. The molecule has 2 amide bonds. The lowest BCUT2D eigenvalue weighted by Crippen LogP contribution is -2.53. The fraction of sp³-hybridized carbons (Fsp3) is 0.355. The van der Waals surface area contributed by atoms with Gasteiger partial charge in [-0.15, -0.1) is 0 Å². The minimum absolute atomic E-state index is 0.134. The van der Waals surface area contributed by atoms with Crippen molar-refractivity contribution in [1.82, 2.24) is 10.2 Å².